The third-order valence-corrected chi connectivity index (χ3v) is 4.74. The Morgan fingerprint density at radius 2 is 2.00 bits per heavy atom. The number of carbonyl (C=O) groups excluding carboxylic acids is 1. The smallest absolute Gasteiger partial charge is 0.275 e. The number of carbonyl (C=O) groups is 1. The van der Waals surface area contributed by atoms with Gasteiger partial charge in [0.1, 0.15) is 10.7 Å². The molecule has 4 nitrogen and oxygen atoms in total. The SMILES string of the molecule is O=C(Nc1ccc(CO)cc1)c1csc(-c2cccs2)n1. The first-order valence-electron chi connectivity index (χ1n) is 6.27. The zero-order chi connectivity index (χ0) is 14.7. The molecule has 0 saturated carbocycles. The number of aliphatic hydroxyl groups is 1. The van der Waals surface area contributed by atoms with Crippen LogP contribution in [0.3, 0.4) is 0 Å². The van der Waals surface area contributed by atoms with Gasteiger partial charge in [0.15, 0.2) is 0 Å². The van der Waals surface area contributed by atoms with Crippen LogP contribution in [-0.2, 0) is 6.61 Å². The number of rotatable bonds is 4. The minimum absolute atomic E-state index is 0.00944. The molecule has 2 N–H and O–H groups in total. The first-order chi connectivity index (χ1) is 10.3. The minimum Gasteiger partial charge on any atom is -0.392 e. The number of nitrogens with zero attached hydrogens (tertiary/aromatic N) is 1. The van der Waals surface area contributed by atoms with Gasteiger partial charge in [-0.3, -0.25) is 4.79 Å². The van der Waals surface area contributed by atoms with E-state index in [1.165, 1.54) is 11.3 Å². The van der Waals surface area contributed by atoms with Crippen LogP contribution in [0.1, 0.15) is 16.1 Å². The average Bonchev–Trinajstić information content (AvgIpc) is 3.19. The second kappa shape index (κ2) is 6.17. The van der Waals surface area contributed by atoms with E-state index in [0.29, 0.717) is 11.4 Å². The van der Waals surface area contributed by atoms with E-state index < -0.39 is 0 Å². The zero-order valence-corrected chi connectivity index (χ0v) is 12.6. The van der Waals surface area contributed by atoms with E-state index in [1.807, 2.05) is 17.5 Å². The second-order valence-corrected chi connectivity index (χ2v) is 6.13. The Morgan fingerprint density at radius 3 is 2.67 bits per heavy atom. The molecule has 0 aliphatic carbocycles. The number of anilines is 1. The highest BCUT2D eigenvalue weighted by atomic mass is 32.1. The third kappa shape index (κ3) is 3.18. The summed E-state index contributed by atoms with van der Waals surface area (Å²) in [5.41, 5.74) is 1.90. The van der Waals surface area contributed by atoms with Gasteiger partial charge in [-0.05, 0) is 29.1 Å². The predicted molar refractivity (Wildman–Crippen MR) is 85.7 cm³/mol. The molecule has 2 aromatic heterocycles. The van der Waals surface area contributed by atoms with E-state index in [4.69, 9.17) is 5.11 Å². The van der Waals surface area contributed by atoms with Crippen molar-refractivity contribution in [2.45, 2.75) is 6.61 Å². The maximum atomic E-state index is 12.1. The molecule has 3 aromatic rings. The Balaban J connectivity index is 1.73. The van der Waals surface area contributed by atoms with Gasteiger partial charge in [0.25, 0.3) is 5.91 Å². The first-order valence-corrected chi connectivity index (χ1v) is 8.03. The van der Waals surface area contributed by atoms with Crippen molar-refractivity contribution in [3.05, 3.63) is 58.4 Å². The Bertz CT molecular complexity index is 733. The fraction of sp³-hybridized carbons (Fsp3) is 0.0667. The monoisotopic (exact) mass is 316 g/mol. The topological polar surface area (TPSA) is 62.2 Å². The molecule has 0 aliphatic heterocycles. The second-order valence-electron chi connectivity index (χ2n) is 4.32. The highest BCUT2D eigenvalue weighted by Gasteiger charge is 2.12. The predicted octanol–water partition coefficient (Wildman–Crippen LogP) is 3.62. The molecular formula is C15H12N2O2S2. The number of aliphatic hydroxyl groups excluding tert-OH is 1. The average molecular weight is 316 g/mol. The van der Waals surface area contributed by atoms with Crippen molar-refractivity contribution in [3.63, 3.8) is 0 Å². The van der Waals surface area contributed by atoms with Crippen molar-refractivity contribution in [2.24, 2.45) is 0 Å². The zero-order valence-electron chi connectivity index (χ0n) is 10.9. The maximum Gasteiger partial charge on any atom is 0.275 e. The number of hydrogen-bond acceptors (Lipinski definition) is 5. The number of nitrogens with one attached hydrogen (secondary N) is 1. The Kier molecular flexibility index (Phi) is 4.10. The summed E-state index contributed by atoms with van der Waals surface area (Å²) in [6.07, 6.45) is 0. The van der Waals surface area contributed by atoms with Gasteiger partial charge in [-0.1, -0.05) is 18.2 Å². The van der Waals surface area contributed by atoms with Crippen molar-refractivity contribution in [2.75, 3.05) is 5.32 Å². The lowest BCUT2D eigenvalue weighted by atomic mass is 10.2. The molecule has 3 rings (SSSR count). The number of benzene rings is 1. The number of hydrogen-bond donors (Lipinski definition) is 2. The molecule has 21 heavy (non-hydrogen) atoms. The summed E-state index contributed by atoms with van der Waals surface area (Å²) in [7, 11) is 0. The number of thiazole rings is 1. The van der Waals surface area contributed by atoms with Crippen LogP contribution in [0.5, 0.6) is 0 Å². The van der Waals surface area contributed by atoms with E-state index >= 15 is 0 Å². The molecule has 0 atom stereocenters. The van der Waals surface area contributed by atoms with Gasteiger partial charge in [-0.2, -0.15) is 0 Å². The van der Waals surface area contributed by atoms with Crippen LogP contribution >= 0.6 is 22.7 Å². The van der Waals surface area contributed by atoms with Crippen LogP contribution < -0.4 is 5.32 Å². The van der Waals surface area contributed by atoms with Gasteiger partial charge >= 0.3 is 0 Å². The lowest BCUT2D eigenvalue weighted by molar-refractivity contribution is 0.102. The fourth-order valence-corrected chi connectivity index (χ4v) is 3.39. The molecule has 6 heteroatoms. The number of amides is 1. The van der Waals surface area contributed by atoms with Gasteiger partial charge in [-0.15, -0.1) is 22.7 Å². The highest BCUT2D eigenvalue weighted by Crippen LogP contribution is 2.28. The van der Waals surface area contributed by atoms with Crippen LogP contribution in [0.15, 0.2) is 47.2 Å². The molecule has 0 fully saturated rings. The van der Waals surface area contributed by atoms with Gasteiger partial charge in [0.2, 0.25) is 0 Å². The molecular weight excluding hydrogens is 304 g/mol. The van der Waals surface area contributed by atoms with Gasteiger partial charge in [0.05, 0.1) is 11.5 Å². The number of thiophene rings is 1. The summed E-state index contributed by atoms with van der Waals surface area (Å²) in [5.74, 6) is -0.231. The van der Waals surface area contributed by atoms with Gasteiger partial charge in [0, 0.05) is 11.1 Å². The van der Waals surface area contributed by atoms with Gasteiger partial charge in [-0.25, -0.2) is 4.98 Å². The molecule has 0 bridgehead atoms. The molecule has 0 radical (unpaired) electrons. The summed E-state index contributed by atoms with van der Waals surface area (Å²) in [5, 5.41) is 16.4. The Morgan fingerprint density at radius 1 is 1.19 bits per heavy atom. The molecule has 1 amide bonds. The van der Waals surface area contributed by atoms with E-state index in [2.05, 4.69) is 10.3 Å². The van der Waals surface area contributed by atoms with Crippen molar-refractivity contribution in [1.29, 1.82) is 0 Å². The number of aromatic nitrogens is 1. The van der Waals surface area contributed by atoms with Gasteiger partial charge < -0.3 is 10.4 Å². The molecule has 0 unspecified atom stereocenters. The summed E-state index contributed by atoms with van der Waals surface area (Å²) >= 11 is 3.06. The van der Waals surface area contributed by atoms with E-state index in [1.54, 1.807) is 41.0 Å². The molecule has 0 spiro atoms. The molecule has 1 aromatic carbocycles. The Hall–Kier alpha value is -2.02. The fourth-order valence-electron chi connectivity index (χ4n) is 1.78. The standard InChI is InChI=1S/C15H12N2O2S2/c18-8-10-3-5-11(6-4-10)16-14(19)12-9-21-15(17-12)13-2-1-7-20-13/h1-7,9,18H,8H2,(H,16,19). The van der Waals surface area contributed by atoms with E-state index in [-0.39, 0.29) is 12.5 Å². The first kappa shape index (κ1) is 13.9. The van der Waals surface area contributed by atoms with Crippen LogP contribution in [0.2, 0.25) is 0 Å². The summed E-state index contributed by atoms with van der Waals surface area (Å²) < 4.78 is 0. The van der Waals surface area contributed by atoms with Crippen LogP contribution in [0.4, 0.5) is 5.69 Å². The van der Waals surface area contributed by atoms with Crippen molar-refractivity contribution in [3.8, 4) is 9.88 Å². The van der Waals surface area contributed by atoms with Crippen molar-refractivity contribution >= 4 is 34.3 Å². The molecule has 2 heterocycles. The van der Waals surface area contributed by atoms with E-state index in [0.717, 1.165) is 15.4 Å². The Labute approximate surface area is 129 Å². The molecule has 106 valence electrons. The van der Waals surface area contributed by atoms with Crippen molar-refractivity contribution in [1.82, 2.24) is 4.98 Å². The summed E-state index contributed by atoms with van der Waals surface area (Å²) in [4.78, 5) is 17.6. The van der Waals surface area contributed by atoms with Crippen LogP contribution in [-0.4, -0.2) is 16.0 Å². The molecule has 0 saturated heterocycles. The minimum atomic E-state index is -0.231. The third-order valence-electron chi connectivity index (χ3n) is 2.86. The van der Waals surface area contributed by atoms with Crippen LogP contribution in [0.25, 0.3) is 9.88 Å². The lowest BCUT2D eigenvalue weighted by Gasteiger charge is -2.03. The maximum absolute atomic E-state index is 12.1. The van der Waals surface area contributed by atoms with Crippen molar-refractivity contribution < 1.29 is 9.90 Å². The summed E-state index contributed by atoms with van der Waals surface area (Å²) in [6, 6.07) is 11.0. The highest BCUT2D eigenvalue weighted by molar-refractivity contribution is 7.20. The normalized spacial score (nSPS) is 10.5. The van der Waals surface area contributed by atoms with Crippen LogP contribution in [0, 0.1) is 0 Å². The van der Waals surface area contributed by atoms with E-state index in [9.17, 15) is 4.79 Å². The lowest BCUT2D eigenvalue weighted by Crippen LogP contribution is -2.12. The molecule has 0 aliphatic rings. The largest absolute Gasteiger partial charge is 0.392 e. The quantitative estimate of drug-likeness (QED) is 0.773. The summed E-state index contributed by atoms with van der Waals surface area (Å²) in [6.45, 7) is -0.00944.